The summed E-state index contributed by atoms with van der Waals surface area (Å²) >= 11 is 5.34. The lowest BCUT2D eigenvalue weighted by atomic mass is 9.92. The third-order valence-electron chi connectivity index (χ3n) is 4.86. The molecule has 1 aromatic heterocycles. The monoisotopic (exact) mass is 390 g/mol. The largest absolute Gasteiger partial charge is 0.378 e. The molecule has 0 unspecified atom stereocenters. The summed E-state index contributed by atoms with van der Waals surface area (Å²) in [6.07, 6.45) is 3.03. The molecule has 2 atom stereocenters. The Bertz CT molecular complexity index is 654. The molecule has 2 aliphatic rings. The number of thiocarbonyl (C=S) groups is 1. The van der Waals surface area contributed by atoms with Crippen molar-refractivity contribution in [3.8, 4) is 0 Å². The molecule has 2 aliphatic heterocycles. The van der Waals surface area contributed by atoms with E-state index in [1.165, 1.54) is 6.42 Å². The minimum absolute atomic E-state index is 0.500. The lowest BCUT2D eigenvalue weighted by molar-refractivity contribution is 0.122. The van der Waals surface area contributed by atoms with Gasteiger partial charge in [-0.2, -0.15) is 9.97 Å². The molecular formula is C19H30N6OS. The molecule has 0 aliphatic carbocycles. The second-order valence-corrected chi connectivity index (χ2v) is 7.89. The number of aromatic nitrogens is 2. The normalized spacial score (nSPS) is 23.0. The summed E-state index contributed by atoms with van der Waals surface area (Å²) in [6, 6.07) is 2.10. The van der Waals surface area contributed by atoms with E-state index < -0.39 is 0 Å². The second kappa shape index (κ2) is 9.32. The highest BCUT2D eigenvalue weighted by molar-refractivity contribution is 7.80. The fourth-order valence-electron chi connectivity index (χ4n) is 3.75. The van der Waals surface area contributed by atoms with Crippen LogP contribution in [0.3, 0.4) is 0 Å². The molecule has 8 heteroatoms. The Labute approximate surface area is 167 Å². The topological polar surface area (TPSA) is 65.6 Å². The van der Waals surface area contributed by atoms with Crippen molar-refractivity contribution in [1.82, 2.24) is 15.3 Å². The van der Waals surface area contributed by atoms with Crippen LogP contribution >= 0.6 is 12.2 Å². The van der Waals surface area contributed by atoms with Crippen molar-refractivity contribution in [3.63, 3.8) is 0 Å². The Kier molecular flexibility index (Phi) is 6.84. The molecule has 2 fully saturated rings. The van der Waals surface area contributed by atoms with Crippen molar-refractivity contribution >= 4 is 34.9 Å². The van der Waals surface area contributed by atoms with Crippen LogP contribution in [0.25, 0.3) is 0 Å². The van der Waals surface area contributed by atoms with E-state index in [1.54, 1.807) is 6.08 Å². The van der Waals surface area contributed by atoms with Gasteiger partial charge in [0.05, 0.1) is 13.2 Å². The average molecular weight is 391 g/mol. The van der Waals surface area contributed by atoms with Gasteiger partial charge in [-0.1, -0.05) is 19.9 Å². The van der Waals surface area contributed by atoms with Crippen molar-refractivity contribution in [2.24, 2.45) is 11.8 Å². The van der Waals surface area contributed by atoms with Crippen molar-refractivity contribution in [3.05, 3.63) is 18.7 Å². The van der Waals surface area contributed by atoms with Gasteiger partial charge in [-0.05, 0) is 30.5 Å². The summed E-state index contributed by atoms with van der Waals surface area (Å²) in [4.78, 5) is 14.1. The van der Waals surface area contributed by atoms with Crippen LogP contribution in [0.15, 0.2) is 18.7 Å². The molecule has 0 radical (unpaired) electrons. The van der Waals surface area contributed by atoms with Crippen LogP contribution in [0.1, 0.15) is 20.3 Å². The lowest BCUT2D eigenvalue weighted by Crippen LogP contribution is -2.40. The van der Waals surface area contributed by atoms with Gasteiger partial charge in [0.2, 0.25) is 5.95 Å². The summed E-state index contributed by atoms with van der Waals surface area (Å²) in [7, 11) is 0. The third kappa shape index (κ3) is 5.52. The Morgan fingerprint density at radius 3 is 2.48 bits per heavy atom. The molecule has 2 saturated heterocycles. The number of nitrogens with one attached hydrogen (secondary N) is 2. The fraction of sp³-hybridized carbons (Fsp3) is 0.632. The number of ether oxygens (including phenoxy) is 1. The van der Waals surface area contributed by atoms with Crippen LogP contribution in [0, 0.1) is 11.8 Å². The van der Waals surface area contributed by atoms with Crippen LogP contribution < -0.4 is 20.4 Å². The number of piperidine rings is 1. The van der Waals surface area contributed by atoms with E-state index in [4.69, 9.17) is 26.9 Å². The first-order valence-corrected chi connectivity index (χ1v) is 10.1. The summed E-state index contributed by atoms with van der Waals surface area (Å²) in [6.45, 7) is 14.1. The zero-order valence-electron chi connectivity index (χ0n) is 16.3. The smallest absolute Gasteiger partial charge is 0.232 e. The number of anilines is 3. The van der Waals surface area contributed by atoms with Gasteiger partial charge in [-0.3, -0.25) is 0 Å². The van der Waals surface area contributed by atoms with E-state index in [1.807, 2.05) is 0 Å². The molecule has 2 N–H and O–H groups in total. The van der Waals surface area contributed by atoms with Crippen molar-refractivity contribution in [1.29, 1.82) is 0 Å². The molecule has 1 aromatic rings. The SMILES string of the molecule is C=CCNC(=S)Nc1nc(N2CCOCC2)cc(N2C[C@H](C)C[C@H](C)C2)n1. The minimum atomic E-state index is 0.500. The zero-order chi connectivity index (χ0) is 19.2. The zero-order valence-corrected chi connectivity index (χ0v) is 17.1. The maximum atomic E-state index is 5.48. The summed E-state index contributed by atoms with van der Waals surface area (Å²) < 4.78 is 5.48. The number of hydrogen-bond acceptors (Lipinski definition) is 6. The Morgan fingerprint density at radius 1 is 1.22 bits per heavy atom. The average Bonchev–Trinajstić information content (AvgIpc) is 2.66. The maximum Gasteiger partial charge on any atom is 0.232 e. The van der Waals surface area contributed by atoms with E-state index in [0.29, 0.717) is 29.4 Å². The van der Waals surface area contributed by atoms with E-state index in [0.717, 1.165) is 51.0 Å². The van der Waals surface area contributed by atoms with E-state index in [2.05, 4.69) is 46.9 Å². The van der Waals surface area contributed by atoms with Crippen LogP contribution in [-0.4, -0.2) is 61.0 Å². The number of hydrogen-bond donors (Lipinski definition) is 2. The minimum Gasteiger partial charge on any atom is -0.378 e. The summed E-state index contributed by atoms with van der Waals surface area (Å²) in [5, 5.41) is 6.69. The van der Waals surface area contributed by atoms with Crippen molar-refractivity contribution in [2.75, 3.05) is 61.1 Å². The molecular weight excluding hydrogens is 360 g/mol. The highest BCUT2D eigenvalue weighted by Gasteiger charge is 2.25. The molecule has 0 spiro atoms. The Hall–Kier alpha value is -1.93. The fourth-order valence-corrected chi connectivity index (χ4v) is 3.93. The molecule has 0 aromatic carbocycles. The van der Waals surface area contributed by atoms with Gasteiger partial charge < -0.3 is 25.2 Å². The van der Waals surface area contributed by atoms with Gasteiger partial charge in [-0.25, -0.2) is 0 Å². The predicted molar refractivity (Wildman–Crippen MR) is 115 cm³/mol. The first-order chi connectivity index (χ1) is 13.0. The van der Waals surface area contributed by atoms with Gasteiger partial charge in [0, 0.05) is 38.8 Å². The van der Waals surface area contributed by atoms with E-state index >= 15 is 0 Å². The Balaban J connectivity index is 1.85. The predicted octanol–water partition coefficient (Wildman–Crippen LogP) is 2.27. The second-order valence-electron chi connectivity index (χ2n) is 7.48. The van der Waals surface area contributed by atoms with Crippen LogP contribution in [0.4, 0.5) is 17.6 Å². The third-order valence-corrected chi connectivity index (χ3v) is 5.11. The van der Waals surface area contributed by atoms with Crippen LogP contribution in [-0.2, 0) is 4.74 Å². The van der Waals surface area contributed by atoms with E-state index in [9.17, 15) is 0 Å². The molecule has 3 rings (SSSR count). The standard InChI is InChI=1S/C19H30N6OS/c1-4-5-20-19(27)23-18-21-16(24-6-8-26-9-7-24)11-17(22-18)25-12-14(2)10-15(3)13-25/h4,11,14-15H,1,5-10,12-13H2,2-3H3,(H2,20,21,22,23,27)/t14-,15+. The first-order valence-electron chi connectivity index (χ1n) is 9.67. The number of rotatable bonds is 5. The highest BCUT2D eigenvalue weighted by Crippen LogP contribution is 2.28. The van der Waals surface area contributed by atoms with Gasteiger partial charge in [0.1, 0.15) is 11.6 Å². The van der Waals surface area contributed by atoms with Crippen molar-refractivity contribution < 1.29 is 4.74 Å². The number of nitrogens with zero attached hydrogens (tertiary/aromatic N) is 4. The molecule has 0 amide bonds. The maximum absolute atomic E-state index is 5.48. The molecule has 27 heavy (non-hydrogen) atoms. The molecule has 3 heterocycles. The van der Waals surface area contributed by atoms with Crippen LogP contribution in [0.5, 0.6) is 0 Å². The molecule has 0 bridgehead atoms. The summed E-state index contributed by atoms with van der Waals surface area (Å²) in [5.41, 5.74) is 0. The van der Waals surface area contributed by atoms with Gasteiger partial charge >= 0.3 is 0 Å². The van der Waals surface area contributed by atoms with E-state index in [-0.39, 0.29) is 0 Å². The highest BCUT2D eigenvalue weighted by atomic mass is 32.1. The molecule has 7 nitrogen and oxygen atoms in total. The van der Waals surface area contributed by atoms with Crippen LogP contribution in [0.2, 0.25) is 0 Å². The summed E-state index contributed by atoms with van der Waals surface area (Å²) in [5.74, 6) is 3.72. The molecule has 0 saturated carbocycles. The van der Waals surface area contributed by atoms with Gasteiger partial charge in [0.15, 0.2) is 5.11 Å². The van der Waals surface area contributed by atoms with Gasteiger partial charge in [0.25, 0.3) is 0 Å². The quantitative estimate of drug-likeness (QED) is 0.586. The molecule has 148 valence electrons. The number of morpholine rings is 1. The Morgan fingerprint density at radius 2 is 1.85 bits per heavy atom. The van der Waals surface area contributed by atoms with Gasteiger partial charge in [-0.15, -0.1) is 6.58 Å². The van der Waals surface area contributed by atoms with Crippen molar-refractivity contribution in [2.45, 2.75) is 20.3 Å². The lowest BCUT2D eigenvalue weighted by Gasteiger charge is -2.36. The first kappa shape index (κ1) is 19.8.